The van der Waals surface area contributed by atoms with Crippen LogP contribution in [0, 0.1) is 0 Å². The zero-order valence-electron chi connectivity index (χ0n) is 45.6. The number of halogens is 1. The Morgan fingerprint density at radius 3 is 2.04 bits per heavy atom. The van der Waals surface area contributed by atoms with Gasteiger partial charge in [-0.25, -0.2) is 9.59 Å². The number of primary amides is 2. The summed E-state index contributed by atoms with van der Waals surface area (Å²) in [7, 11) is 0. The van der Waals surface area contributed by atoms with Gasteiger partial charge in [-0.1, -0.05) is 31.0 Å². The lowest BCUT2D eigenvalue weighted by molar-refractivity contribution is -0.146. The fourth-order valence-corrected chi connectivity index (χ4v) is 9.51. The summed E-state index contributed by atoms with van der Waals surface area (Å²) < 4.78 is 0. The number of carboxylic acid groups (broad SMARTS) is 1. The molecule has 2 aliphatic rings. The van der Waals surface area contributed by atoms with Crippen LogP contribution >= 0.6 is 11.6 Å². The molecular formula is C52H79ClN14O13. The Balaban J connectivity index is 1.38. The number of H-pyrrole nitrogens is 1. The van der Waals surface area contributed by atoms with Gasteiger partial charge in [0, 0.05) is 62.0 Å². The average Bonchev–Trinajstić information content (AvgIpc) is 4.05. The summed E-state index contributed by atoms with van der Waals surface area (Å²) in [6, 6.07) is -2.57. The summed E-state index contributed by atoms with van der Waals surface area (Å²) in [4.78, 5) is 159. The predicted molar refractivity (Wildman–Crippen MR) is 293 cm³/mol. The van der Waals surface area contributed by atoms with Gasteiger partial charge in [-0.3, -0.25) is 47.9 Å². The van der Waals surface area contributed by atoms with Gasteiger partial charge in [0.05, 0.1) is 6.04 Å². The smallest absolute Gasteiger partial charge is 0.315 e. The topological polar surface area (TPSA) is 416 Å². The fraction of sp³-hybridized carbons (Fsp3) is 0.615. The van der Waals surface area contributed by atoms with Crippen molar-refractivity contribution in [3.05, 3.63) is 36.0 Å². The van der Waals surface area contributed by atoms with Gasteiger partial charge in [-0.2, -0.15) is 0 Å². The third kappa shape index (κ3) is 21.5. The monoisotopic (exact) mass is 1140 g/mol. The number of aromatic nitrogens is 1. The molecular weight excluding hydrogens is 1060 g/mol. The molecule has 0 aliphatic carbocycles. The lowest BCUT2D eigenvalue weighted by Crippen LogP contribution is -2.61. The Kier molecular flexibility index (Phi) is 26.7. The second-order valence-corrected chi connectivity index (χ2v) is 20.5. The highest BCUT2D eigenvalue weighted by Crippen LogP contribution is 2.23. The molecule has 2 saturated heterocycles. The van der Waals surface area contributed by atoms with Crippen LogP contribution in [0.25, 0.3) is 10.9 Å². The minimum atomic E-state index is -1.39. The normalized spacial score (nSPS) is 18.1. The molecule has 28 heteroatoms. The highest BCUT2D eigenvalue weighted by atomic mass is 35.5. The number of amides is 13. The summed E-state index contributed by atoms with van der Waals surface area (Å²) in [5, 5.41) is 36.5. The Morgan fingerprint density at radius 2 is 1.36 bits per heavy atom. The number of nitrogens with one attached hydrogen (secondary N) is 11. The van der Waals surface area contributed by atoms with Crippen LogP contribution < -0.4 is 64.6 Å². The lowest BCUT2D eigenvalue weighted by Gasteiger charge is -2.37. The van der Waals surface area contributed by atoms with Gasteiger partial charge in [-0.05, 0) is 103 Å². The van der Waals surface area contributed by atoms with Crippen molar-refractivity contribution >= 4 is 93.7 Å². The van der Waals surface area contributed by atoms with Crippen molar-refractivity contribution in [1.82, 2.24) is 63.1 Å². The van der Waals surface area contributed by atoms with E-state index in [2.05, 4.69) is 58.2 Å². The summed E-state index contributed by atoms with van der Waals surface area (Å²) in [6.45, 7) is 5.04. The van der Waals surface area contributed by atoms with Gasteiger partial charge in [0.25, 0.3) is 0 Å². The maximum Gasteiger partial charge on any atom is 0.315 e. The quantitative estimate of drug-likeness (QED) is 0.0308. The number of hydrogen-bond donors (Lipinski definition) is 14. The van der Waals surface area contributed by atoms with E-state index in [1.54, 1.807) is 24.4 Å². The number of alkyl halides is 1. The van der Waals surface area contributed by atoms with Gasteiger partial charge in [0.2, 0.25) is 53.2 Å². The molecule has 2 aliphatic heterocycles. The van der Waals surface area contributed by atoms with Crippen LogP contribution in [0.4, 0.5) is 9.59 Å². The van der Waals surface area contributed by atoms with Crippen LogP contribution in [0.1, 0.15) is 123 Å². The Labute approximate surface area is 468 Å². The first-order chi connectivity index (χ1) is 38.1. The van der Waals surface area contributed by atoms with Gasteiger partial charge >= 0.3 is 18.0 Å². The molecule has 4 rings (SSSR count). The largest absolute Gasteiger partial charge is 0.481 e. The number of nitrogens with zero attached hydrogens (tertiary/aromatic N) is 1. The van der Waals surface area contributed by atoms with E-state index in [0.29, 0.717) is 50.6 Å². The molecule has 13 amide bonds. The number of aromatic amines is 1. The molecule has 1 aromatic carbocycles. The van der Waals surface area contributed by atoms with Crippen LogP contribution in [0.15, 0.2) is 30.5 Å². The number of fused-ring (bicyclic) bond motifs is 1. The third-order valence-electron chi connectivity index (χ3n) is 13.9. The lowest BCUT2D eigenvalue weighted by atomic mass is 9.97. The van der Waals surface area contributed by atoms with E-state index in [9.17, 15) is 62.6 Å². The van der Waals surface area contributed by atoms with E-state index in [1.807, 2.05) is 13.0 Å². The van der Waals surface area contributed by atoms with Crippen LogP contribution in [0.3, 0.4) is 0 Å². The van der Waals surface area contributed by atoms with Gasteiger partial charge < -0.3 is 79.6 Å². The van der Waals surface area contributed by atoms with Crippen LogP contribution in [0.5, 0.6) is 0 Å². The van der Waals surface area contributed by atoms with Gasteiger partial charge in [0.1, 0.15) is 48.2 Å². The summed E-state index contributed by atoms with van der Waals surface area (Å²) >= 11 is 5.69. The standard InChI is InChI=1S/C52H79ClN14O13/c1-29-34(66-52(80)61-29)15-5-4-6-20-41(68)56-23-11-9-17-36(44(54)72)63-46(74)31(3)59-45(73)30(2)60-47(75)37(18-13-24-57-51(55)79)64-48(76)39(26-32-28-58-35-16-8-7-14-33(32)35)65-49(77)40-19-10-12-25-67(40)50(78)38(21-22-43(70)71)62-42(69)27-53/h7-8,14,16,28-31,34,36-40,58H,4-6,9-13,15,17-27H2,1-3H3,(H2,54,72)(H,56,68)(H,59,73)(H,60,75)(H,62,69)(H,63,74)(H,64,76)(H,65,77)(H,70,71)(H3,55,57,79)(H2,61,66,80)/t29-,30+,31+,34+,36+,37+,38+,39+,40+/m1/s1. The molecule has 3 heterocycles. The first kappa shape index (κ1) is 64.8. The fourth-order valence-electron chi connectivity index (χ4n) is 9.43. The third-order valence-corrected chi connectivity index (χ3v) is 14.2. The van der Waals surface area contributed by atoms with Crippen LogP contribution in [-0.4, -0.2) is 166 Å². The first-order valence-corrected chi connectivity index (χ1v) is 27.7. The molecule has 0 radical (unpaired) electrons. The number of carbonyl (C=O) groups excluding carboxylic acids is 11. The number of para-hydroxylation sites is 1. The second-order valence-electron chi connectivity index (χ2n) is 20.2. The number of aliphatic carboxylic acids is 1. The van der Waals surface area contributed by atoms with Crippen molar-refractivity contribution in [1.29, 1.82) is 0 Å². The zero-order chi connectivity index (χ0) is 58.9. The SMILES string of the molecule is C[C@H](NC(=O)[C@H](C)NC(=O)[C@H](CCCNC(N)=O)NC(=O)[C@H](Cc1c[nH]c2ccccc12)NC(=O)[C@@H]1CCCCN1C(=O)[C@H](CCC(=O)O)NC(=O)CCl)C(=O)N[C@@H](CCCCNC(=O)CCCCC[C@@H]1NC(=O)N[C@@H]1C)C(N)=O. The van der Waals surface area contributed by atoms with Crippen molar-refractivity contribution in [2.45, 2.75) is 178 Å². The van der Waals surface area contributed by atoms with E-state index < -0.39 is 114 Å². The molecule has 442 valence electrons. The van der Waals surface area contributed by atoms with E-state index in [0.717, 1.165) is 30.2 Å². The average molecular weight is 1140 g/mol. The summed E-state index contributed by atoms with van der Waals surface area (Å²) in [6.07, 6.45) is 6.52. The number of hydrogen-bond acceptors (Lipinski definition) is 12. The number of nitrogens with two attached hydrogens (primary N) is 2. The Bertz CT molecular complexity index is 2510. The molecule has 0 bridgehead atoms. The second kappa shape index (κ2) is 33.0. The molecule has 27 nitrogen and oxygen atoms in total. The number of urea groups is 2. The van der Waals surface area contributed by atoms with Crippen molar-refractivity contribution in [2.24, 2.45) is 11.5 Å². The number of rotatable bonds is 34. The van der Waals surface area contributed by atoms with Gasteiger partial charge in [0.15, 0.2) is 0 Å². The molecule has 0 unspecified atom stereocenters. The minimum Gasteiger partial charge on any atom is -0.481 e. The zero-order valence-corrected chi connectivity index (χ0v) is 46.3. The number of piperidine rings is 1. The predicted octanol–water partition coefficient (Wildman–Crippen LogP) is -0.616. The Hall–Kier alpha value is -7.71. The summed E-state index contributed by atoms with van der Waals surface area (Å²) in [5.74, 6) is -8.07. The number of benzene rings is 1. The molecule has 16 N–H and O–H groups in total. The molecule has 1 aromatic heterocycles. The van der Waals surface area contributed by atoms with E-state index in [1.165, 1.54) is 18.7 Å². The van der Waals surface area contributed by atoms with Gasteiger partial charge in [-0.15, -0.1) is 11.6 Å². The van der Waals surface area contributed by atoms with Crippen molar-refractivity contribution < 1.29 is 62.6 Å². The minimum absolute atomic E-state index is 0.00991. The van der Waals surface area contributed by atoms with E-state index >= 15 is 0 Å². The van der Waals surface area contributed by atoms with E-state index in [-0.39, 0.29) is 75.6 Å². The molecule has 9 atom stereocenters. The van der Waals surface area contributed by atoms with Crippen molar-refractivity contribution in [3.63, 3.8) is 0 Å². The highest BCUT2D eigenvalue weighted by molar-refractivity contribution is 6.27. The molecule has 80 heavy (non-hydrogen) atoms. The number of carbonyl (C=O) groups is 12. The molecule has 0 spiro atoms. The molecule has 0 saturated carbocycles. The van der Waals surface area contributed by atoms with E-state index in [4.69, 9.17) is 23.1 Å². The number of likely N-dealkylation sites (tertiary alicyclic amines) is 1. The number of unbranched alkanes of at least 4 members (excludes halogenated alkanes) is 3. The van der Waals surface area contributed by atoms with Crippen LogP contribution in [-0.2, 0) is 54.4 Å². The molecule has 2 fully saturated rings. The molecule has 2 aromatic rings. The highest BCUT2D eigenvalue weighted by Gasteiger charge is 2.39. The van der Waals surface area contributed by atoms with Crippen LogP contribution in [0.2, 0.25) is 0 Å². The maximum atomic E-state index is 14.5. The van der Waals surface area contributed by atoms with Crippen molar-refractivity contribution in [2.75, 3.05) is 25.5 Å². The first-order valence-electron chi connectivity index (χ1n) is 27.2. The van der Waals surface area contributed by atoms with Crippen molar-refractivity contribution in [3.8, 4) is 0 Å². The number of carboxylic acids is 1. The summed E-state index contributed by atoms with van der Waals surface area (Å²) in [5.41, 5.74) is 12.2. The maximum absolute atomic E-state index is 14.5. The Morgan fingerprint density at radius 1 is 0.700 bits per heavy atom.